The van der Waals surface area contributed by atoms with Crippen molar-refractivity contribution < 1.29 is 13.9 Å². The number of carbonyl (C=O) groups is 1. The molecule has 1 aromatic carbocycles. The van der Waals surface area contributed by atoms with Crippen LogP contribution in [0.2, 0.25) is 5.02 Å². The molecule has 22 heavy (non-hydrogen) atoms. The number of rotatable bonds is 2. The number of anilines is 1. The minimum absolute atomic E-state index is 0.271. The quantitative estimate of drug-likeness (QED) is 0.718. The second-order valence-electron chi connectivity index (χ2n) is 3.51. The zero-order chi connectivity index (χ0) is 17.3. The van der Waals surface area contributed by atoms with Crippen LogP contribution < -0.4 is 5.73 Å². The van der Waals surface area contributed by atoms with E-state index in [2.05, 4.69) is 4.74 Å². The average molecular weight is 346 g/mol. The second kappa shape index (κ2) is 10.2. The van der Waals surface area contributed by atoms with Crippen LogP contribution >= 0.6 is 22.9 Å². The van der Waals surface area contributed by atoms with Gasteiger partial charge < -0.3 is 10.5 Å². The highest BCUT2D eigenvalue weighted by Gasteiger charge is 2.17. The van der Waals surface area contributed by atoms with Crippen LogP contribution in [-0.4, -0.2) is 13.1 Å². The minimum Gasteiger partial charge on any atom is -0.465 e. The molecule has 1 aromatic heterocycles. The summed E-state index contributed by atoms with van der Waals surface area (Å²) in [5.74, 6) is -0.913. The van der Waals surface area contributed by atoms with Crippen molar-refractivity contribution in [2.45, 2.75) is 27.7 Å². The molecular weight excluding hydrogens is 325 g/mol. The number of hydrogen-bond donors (Lipinski definition) is 1. The van der Waals surface area contributed by atoms with Crippen LogP contribution in [0.25, 0.3) is 10.4 Å². The Hall–Kier alpha value is -1.59. The van der Waals surface area contributed by atoms with Gasteiger partial charge in [-0.2, -0.15) is 0 Å². The van der Waals surface area contributed by atoms with Gasteiger partial charge in [0.05, 0.1) is 17.8 Å². The zero-order valence-electron chi connectivity index (χ0n) is 13.4. The normalized spacial score (nSPS) is 9.05. The predicted octanol–water partition coefficient (Wildman–Crippen LogP) is 5.63. The number of nitrogen functional groups attached to an aromatic ring is 1. The fraction of sp³-hybridized carbons (Fsp3) is 0.312. The molecule has 0 aliphatic heterocycles. The van der Waals surface area contributed by atoms with Crippen LogP contribution in [0, 0.1) is 5.82 Å². The largest absolute Gasteiger partial charge is 0.465 e. The Morgan fingerprint density at radius 2 is 1.82 bits per heavy atom. The number of hydrogen-bond acceptors (Lipinski definition) is 4. The zero-order valence-corrected chi connectivity index (χ0v) is 14.9. The van der Waals surface area contributed by atoms with E-state index in [4.69, 9.17) is 17.3 Å². The van der Waals surface area contributed by atoms with Crippen LogP contribution in [0.3, 0.4) is 0 Å². The molecule has 0 radical (unpaired) electrons. The maximum atomic E-state index is 13.0. The van der Waals surface area contributed by atoms with E-state index in [1.54, 1.807) is 12.1 Å². The lowest BCUT2D eigenvalue weighted by Crippen LogP contribution is -2.00. The van der Waals surface area contributed by atoms with Crippen molar-refractivity contribution in [2.75, 3.05) is 12.8 Å². The molecule has 0 aliphatic rings. The Morgan fingerprint density at radius 3 is 2.32 bits per heavy atom. The van der Waals surface area contributed by atoms with E-state index in [0.29, 0.717) is 21.0 Å². The van der Waals surface area contributed by atoms with E-state index < -0.39 is 11.8 Å². The third-order valence-electron chi connectivity index (χ3n) is 2.33. The molecule has 0 unspecified atom stereocenters. The van der Waals surface area contributed by atoms with Gasteiger partial charge in [0.2, 0.25) is 0 Å². The van der Waals surface area contributed by atoms with E-state index in [1.807, 2.05) is 27.7 Å². The van der Waals surface area contributed by atoms with Gasteiger partial charge in [-0.25, -0.2) is 9.18 Å². The molecule has 0 fully saturated rings. The first kappa shape index (κ1) is 20.4. The summed E-state index contributed by atoms with van der Waals surface area (Å²) in [7, 11) is 1.28. The molecule has 0 spiro atoms. The van der Waals surface area contributed by atoms with Crippen molar-refractivity contribution in [3.63, 3.8) is 0 Å². The van der Waals surface area contributed by atoms with Gasteiger partial charge in [-0.15, -0.1) is 11.3 Å². The Kier molecular flexibility index (Phi) is 9.45. The van der Waals surface area contributed by atoms with Gasteiger partial charge in [0.15, 0.2) is 0 Å². The number of halogens is 2. The van der Waals surface area contributed by atoms with Gasteiger partial charge >= 0.3 is 5.97 Å². The maximum absolute atomic E-state index is 13.0. The highest BCUT2D eigenvalue weighted by atomic mass is 35.5. The van der Waals surface area contributed by atoms with E-state index in [1.165, 1.54) is 19.2 Å². The van der Waals surface area contributed by atoms with Crippen LogP contribution in [-0.2, 0) is 4.74 Å². The molecule has 6 heteroatoms. The van der Waals surface area contributed by atoms with Gasteiger partial charge in [-0.3, -0.25) is 0 Å². The number of nitrogens with two attached hydrogens (primary N) is 1. The fourth-order valence-electron chi connectivity index (χ4n) is 1.48. The summed E-state index contributed by atoms with van der Waals surface area (Å²) >= 11 is 7.11. The molecule has 3 nitrogen and oxygen atoms in total. The van der Waals surface area contributed by atoms with Gasteiger partial charge in [-0.1, -0.05) is 39.3 Å². The summed E-state index contributed by atoms with van der Waals surface area (Å²) < 4.78 is 17.6. The van der Waals surface area contributed by atoms with E-state index in [0.717, 1.165) is 11.3 Å². The number of carbonyl (C=O) groups excluding carboxylic acids is 1. The van der Waals surface area contributed by atoms with Gasteiger partial charge in [0, 0.05) is 10.4 Å². The van der Waals surface area contributed by atoms with Crippen LogP contribution in [0.15, 0.2) is 24.3 Å². The summed E-state index contributed by atoms with van der Waals surface area (Å²) in [4.78, 5) is 12.4. The molecule has 1 heterocycles. The van der Waals surface area contributed by atoms with Crippen LogP contribution in [0.5, 0.6) is 0 Å². The average Bonchev–Trinajstić information content (AvgIpc) is 2.92. The molecule has 122 valence electrons. The first-order valence-electron chi connectivity index (χ1n) is 6.96. The number of methoxy groups -OCH3 is 1. The molecule has 0 bridgehead atoms. The van der Waals surface area contributed by atoms with Crippen LogP contribution in [0.1, 0.15) is 37.4 Å². The SMILES string of the molecule is CC.CC.COC(=O)c1sc(-c2ccc(F)cc2Cl)cc1N. The Bertz CT molecular complexity index is 614. The summed E-state index contributed by atoms with van der Waals surface area (Å²) in [6.07, 6.45) is 0. The molecular formula is C16H21ClFNO2S. The summed E-state index contributed by atoms with van der Waals surface area (Å²) in [6, 6.07) is 5.68. The number of benzene rings is 1. The lowest BCUT2D eigenvalue weighted by molar-refractivity contribution is 0.0607. The third kappa shape index (κ3) is 5.00. The summed E-state index contributed by atoms with van der Waals surface area (Å²) in [5.41, 5.74) is 6.68. The van der Waals surface area contributed by atoms with Crippen molar-refractivity contribution in [2.24, 2.45) is 0 Å². The molecule has 0 atom stereocenters. The lowest BCUT2D eigenvalue weighted by Gasteiger charge is -2.00. The van der Waals surface area contributed by atoms with Crippen molar-refractivity contribution >= 4 is 34.6 Å². The van der Waals surface area contributed by atoms with E-state index >= 15 is 0 Å². The summed E-state index contributed by atoms with van der Waals surface area (Å²) in [6.45, 7) is 8.00. The Morgan fingerprint density at radius 1 is 1.23 bits per heavy atom. The highest BCUT2D eigenvalue weighted by Crippen LogP contribution is 2.37. The van der Waals surface area contributed by atoms with Crippen molar-refractivity contribution in [3.05, 3.63) is 40.0 Å². The molecule has 0 aliphatic carbocycles. The minimum atomic E-state index is -0.498. The third-order valence-corrected chi connectivity index (χ3v) is 3.81. The highest BCUT2D eigenvalue weighted by molar-refractivity contribution is 7.18. The molecule has 0 amide bonds. The van der Waals surface area contributed by atoms with Gasteiger partial charge in [-0.05, 0) is 24.3 Å². The maximum Gasteiger partial charge on any atom is 0.350 e. The fourth-order valence-corrected chi connectivity index (χ4v) is 2.84. The lowest BCUT2D eigenvalue weighted by atomic mass is 10.2. The van der Waals surface area contributed by atoms with Crippen molar-refractivity contribution in [1.82, 2.24) is 0 Å². The predicted molar refractivity (Wildman–Crippen MR) is 93.2 cm³/mol. The van der Waals surface area contributed by atoms with Crippen molar-refractivity contribution in [1.29, 1.82) is 0 Å². The van der Waals surface area contributed by atoms with Gasteiger partial charge in [0.1, 0.15) is 10.7 Å². The Balaban J connectivity index is 0.00000102. The van der Waals surface area contributed by atoms with Crippen molar-refractivity contribution in [3.8, 4) is 10.4 Å². The standard InChI is InChI=1S/C12H9ClFNO2S.2C2H6/c1-17-12(16)11-9(15)5-10(18-11)7-3-2-6(14)4-8(7)13;2*1-2/h2-5H,15H2,1H3;2*1-2H3. The first-order valence-corrected chi connectivity index (χ1v) is 8.15. The molecule has 0 saturated carbocycles. The van der Waals surface area contributed by atoms with Crippen LogP contribution in [0.4, 0.5) is 10.1 Å². The summed E-state index contributed by atoms with van der Waals surface area (Å²) in [5, 5.41) is 0.271. The monoisotopic (exact) mass is 345 g/mol. The Labute approximate surface area is 139 Å². The molecule has 0 saturated heterocycles. The number of esters is 1. The topological polar surface area (TPSA) is 52.3 Å². The smallest absolute Gasteiger partial charge is 0.350 e. The molecule has 2 aromatic rings. The van der Waals surface area contributed by atoms with Gasteiger partial charge in [0.25, 0.3) is 0 Å². The number of ether oxygens (including phenoxy) is 1. The van der Waals surface area contributed by atoms with E-state index in [-0.39, 0.29) is 5.02 Å². The molecule has 2 rings (SSSR count). The number of thiophene rings is 1. The van der Waals surface area contributed by atoms with E-state index in [9.17, 15) is 9.18 Å². The molecule has 2 N–H and O–H groups in total. The first-order chi connectivity index (χ1) is 10.5. The second-order valence-corrected chi connectivity index (χ2v) is 4.97.